The minimum Gasteiger partial charge on any atom is -0.469 e. The van der Waals surface area contributed by atoms with Crippen molar-refractivity contribution in [2.24, 2.45) is 0 Å². The van der Waals surface area contributed by atoms with Crippen LogP contribution < -0.4 is 5.56 Å². The van der Waals surface area contributed by atoms with Crippen molar-refractivity contribution in [1.82, 2.24) is 14.5 Å². The van der Waals surface area contributed by atoms with E-state index >= 15 is 0 Å². The summed E-state index contributed by atoms with van der Waals surface area (Å²) < 4.78 is 6.16. The number of rotatable bonds is 8. The first-order chi connectivity index (χ1) is 13.7. The number of carbonyl (C=O) groups excluding carboxylic acids is 2. The second kappa shape index (κ2) is 9.91. The first kappa shape index (κ1) is 22.9. The molecular formula is C21H29N3O4S. The minimum atomic E-state index is -0.433. The third kappa shape index (κ3) is 5.38. The normalized spacial score (nSPS) is 12.4. The van der Waals surface area contributed by atoms with Crippen LogP contribution in [0.3, 0.4) is 0 Å². The van der Waals surface area contributed by atoms with Crippen LogP contribution in [0.5, 0.6) is 0 Å². The summed E-state index contributed by atoms with van der Waals surface area (Å²) in [5, 5.41) is 0.467. The van der Waals surface area contributed by atoms with Crippen LogP contribution in [0.2, 0.25) is 0 Å². The SMILES string of the molecule is COC(=O)CCn1c(S[C@@H](C)C(=O)N(C(C)C)C(C)C)nc2ccccc2c1=O. The maximum Gasteiger partial charge on any atom is 0.307 e. The van der Waals surface area contributed by atoms with Gasteiger partial charge in [0.25, 0.3) is 5.56 Å². The Morgan fingerprint density at radius 2 is 1.76 bits per heavy atom. The fraction of sp³-hybridized carbons (Fsp3) is 0.524. The average molecular weight is 420 g/mol. The summed E-state index contributed by atoms with van der Waals surface area (Å²) in [4.78, 5) is 44.1. The fourth-order valence-corrected chi connectivity index (χ4v) is 4.25. The first-order valence-electron chi connectivity index (χ1n) is 9.72. The molecule has 0 radical (unpaired) electrons. The lowest BCUT2D eigenvalue weighted by atomic mass is 10.2. The number of amides is 1. The molecule has 1 atom stereocenters. The van der Waals surface area contributed by atoms with Crippen LogP contribution >= 0.6 is 11.8 Å². The molecule has 1 heterocycles. The molecule has 29 heavy (non-hydrogen) atoms. The molecule has 0 fully saturated rings. The maximum atomic E-state index is 13.0. The van der Waals surface area contributed by atoms with E-state index in [0.29, 0.717) is 16.1 Å². The van der Waals surface area contributed by atoms with Gasteiger partial charge in [-0.05, 0) is 46.8 Å². The van der Waals surface area contributed by atoms with Gasteiger partial charge in [-0.2, -0.15) is 0 Å². The number of para-hydroxylation sites is 1. The van der Waals surface area contributed by atoms with E-state index in [4.69, 9.17) is 4.74 Å². The second-order valence-electron chi connectivity index (χ2n) is 7.39. The molecule has 0 aliphatic rings. The summed E-state index contributed by atoms with van der Waals surface area (Å²) in [5.74, 6) is -0.419. The molecule has 0 N–H and O–H groups in total. The molecule has 1 aromatic carbocycles. The van der Waals surface area contributed by atoms with E-state index in [1.807, 2.05) is 45.6 Å². The monoisotopic (exact) mass is 419 g/mol. The van der Waals surface area contributed by atoms with Crippen molar-refractivity contribution in [3.8, 4) is 0 Å². The first-order valence-corrected chi connectivity index (χ1v) is 10.6. The predicted octanol–water partition coefficient (Wildman–Crippen LogP) is 3.09. The Morgan fingerprint density at radius 3 is 2.34 bits per heavy atom. The van der Waals surface area contributed by atoms with E-state index in [9.17, 15) is 14.4 Å². The highest BCUT2D eigenvalue weighted by atomic mass is 32.2. The van der Waals surface area contributed by atoms with Gasteiger partial charge in [0, 0.05) is 18.6 Å². The van der Waals surface area contributed by atoms with E-state index in [-0.39, 0.29) is 36.5 Å². The van der Waals surface area contributed by atoms with Gasteiger partial charge >= 0.3 is 5.97 Å². The van der Waals surface area contributed by atoms with Crippen molar-refractivity contribution in [3.05, 3.63) is 34.6 Å². The molecule has 0 spiro atoms. The quantitative estimate of drug-likeness (QED) is 0.372. The highest BCUT2D eigenvalue weighted by Crippen LogP contribution is 2.25. The van der Waals surface area contributed by atoms with E-state index in [0.717, 1.165) is 0 Å². The Morgan fingerprint density at radius 1 is 1.14 bits per heavy atom. The molecule has 2 aromatic rings. The number of hydrogen-bond donors (Lipinski definition) is 0. The smallest absolute Gasteiger partial charge is 0.307 e. The Labute approximate surface area is 175 Å². The molecule has 7 nitrogen and oxygen atoms in total. The Bertz CT molecular complexity index is 931. The standard InChI is InChI=1S/C21H29N3O4S/c1-13(2)24(14(3)4)19(26)15(5)29-21-22-17-10-8-7-9-16(17)20(27)23(21)12-11-18(25)28-6/h7-10,13-15H,11-12H2,1-6H3/t15-/m0/s1. The molecule has 0 aliphatic heterocycles. The summed E-state index contributed by atoms with van der Waals surface area (Å²) in [6.45, 7) is 9.89. The number of benzene rings is 1. The topological polar surface area (TPSA) is 81.5 Å². The van der Waals surface area contributed by atoms with Crippen LogP contribution in [0.4, 0.5) is 0 Å². The largest absolute Gasteiger partial charge is 0.469 e. The molecule has 1 amide bonds. The lowest BCUT2D eigenvalue weighted by Gasteiger charge is -2.33. The molecule has 0 aliphatic carbocycles. The minimum absolute atomic E-state index is 0.0121. The summed E-state index contributed by atoms with van der Waals surface area (Å²) in [6, 6.07) is 7.20. The Kier molecular flexibility index (Phi) is 7.84. The highest BCUT2D eigenvalue weighted by Gasteiger charge is 2.27. The third-order valence-electron chi connectivity index (χ3n) is 4.59. The number of fused-ring (bicyclic) bond motifs is 1. The van der Waals surface area contributed by atoms with Gasteiger partial charge < -0.3 is 9.64 Å². The van der Waals surface area contributed by atoms with Gasteiger partial charge in [0.15, 0.2) is 5.16 Å². The summed E-state index contributed by atoms with van der Waals surface area (Å²) in [7, 11) is 1.31. The fourth-order valence-electron chi connectivity index (χ4n) is 3.26. The number of carbonyl (C=O) groups is 2. The zero-order valence-corrected chi connectivity index (χ0v) is 18.7. The summed E-state index contributed by atoms with van der Waals surface area (Å²) >= 11 is 1.24. The van der Waals surface area contributed by atoms with Crippen molar-refractivity contribution in [2.45, 2.75) is 70.1 Å². The van der Waals surface area contributed by atoms with Crippen molar-refractivity contribution in [1.29, 1.82) is 0 Å². The highest BCUT2D eigenvalue weighted by molar-refractivity contribution is 8.00. The molecule has 0 unspecified atom stereocenters. The van der Waals surface area contributed by atoms with Gasteiger partial charge in [-0.15, -0.1) is 0 Å². The number of ether oxygens (including phenoxy) is 1. The number of nitrogens with zero attached hydrogens (tertiary/aromatic N) is 3. The van der Waals surface area contributed by atoms with Gasteiger partial charge in [-0.25, -0.2) is 4.98 Å². The number of methoxy groups -OCH3 is 1. The van der Waals surface area contributed by atoms with Crippen LogP contribution in [0, 0.1) is 0 Å². The van der Waals surface area contributed by atoms with Gasteiger partial charge in [-0.3, -0.25) is 19.0 Å². The van der Waals surface area contributed by atoms with Gasteiger partial charge in [0.1, 0.15) is 0 Å². The van der Waals surface area contributed by atoms with E-state index < -0.39 is 11.2 Å². The van der Waals surface area contributed by atoms with Gasteiger partial charge in [0.05, 0.1) is 29.7 Å². The number of hydrogen-bond acceptors (Lipinski definition) is 6. The number of aromatic nitrogens is 2. The number of esters is 1. The van der Waals surface area contributed by atoms with Gasteiger partial charge in [-0.1, -0.05) is 23.9 Å². The third-order valence-corrected chi connectivity index (χ3v) is 5.67. The molecule has 1 aromatic heterocycles. The van der Waals surface area contributed by atoms with E-state index in [1.165, 1.54) is 23.4 Å². The molecule has 158 valence electrons. The maximum absolute atomic E-state index is 13.0. The van der Waals surface area contributed by atoms with Crippen molar-refractivity contribution >= 4 is 34.5 Å². The van der Waals surface area contributed by atoms with Gasteiger partial charge in [0.2, 0.25) is 5.91 Å². The van der Waals surface area contributed by atoms with Crippen LogP contribution in [-0.2, 0) is 20.9 Å². The lowest BCUT2D eigenvalue weighted by molar-refractivity contribution is -0.141. The Hall–Kier alpha value is -2.35. The molecular weight excluding hydrogens is 390 g/mol. The Balaban J connectivity index is 2.43. The molecule has 0 saturated heterocycles. The van der Waals surface area contributed by atoms with Crippen molar-refractivity contribution in [3.63, 3.8) is 0 Å². The van der Waals surface area contributed by atoms with Crippen LogP contribution in [0.25, 0.3) is 10.9 Å². The summed E-state index contributed by atoms with van der Waals surface area (Å²) in [5.41, 5.74) is 0.338. The van der Waals surface area contributed by atoms with Crippen LogP contribution in [-0.4, -0.2) is 50.8 Å². The van der Waals surface area contributed by atoms with Crippen LogP contribution in [0.15, 0.2) is 34.2 Å². The molecule has 0 bridgehead atoms. The average Bonchev–Trinajstić information content (AvgIpc) is 2.66. The predicted molar refractivity (Wildman–Crippen MR) is 115 cm³/mol. The number of thioether (sulfide) groups is 1. The van der Waals surface area contributed by atoms with Crippen molar-refractivity contribution in [2.75, 3.05) is 7.11 Å². The zero-order valence-electron chi connectivity index (χ0n) is 17.8. The zero-order chi connectivity index (χ0) is 21.7. The molecule has 8 heteroatoms. The van der Waals surface area contributed by atoms with Crippen LogP contribution in [0.1, 0.15) is 41.0 Å². The van der Waals surface area contributed by atoms with Crippen molar-refractivity contribution < 1.29 is 14.3 Å². The second-order valence-corrected chi connectivity index (χ2v) is 8.70. The lowest BCUT2D eigenvalue weighted by Crippen LogP contribution is -2.45. The van der Waals surface area contributed by atoms with E-state index in [1.54, 1.807) is 18.2 Å². The summed E-state index contributed by atoms with van der Waals surface area (Å²) in [6.07, 6.45) is 0.0520. The van der Waals surface area contributed by atoms with E-state index in [2.05, 4.69) is 4.98 Å². The molecule has 2 rings (SSSR count). The molecule has 0 saturated carbocycles.